The largest absolute Gasteiger partial charge is 0.465 e. The Balaban J connectivity index is 4.50. The lowest BCUT2D eigenvalue weighted by Gasteiger charge is -2.10. The molecule has 1 unspecified atom stereocenters. The molecule has 0 N–H and O–H groups in total. The first-order chi connectivity index (χ1) is 4.95. The molecule has 0 rings (SSSR count). The highest BCUT2D eigenvalue weighted by Crippen LogP contribution is 2.49. The van der Waals surface area contributed by atoms with E-state index in [-0.39, 0.29) is 5.31 Å². The minimum absolute atomic E-state index is 0.123. The molecule has 0 bridgehead atoms. The van der Waals surface area contributed by atoms with Gasteiger partial charge in [0.05, 0.1) is 7.11 Å². The van der Waals surface area contributed by atoms with Crippen LogP contribution in [0, 0.1) is 0 Å². The second-order valence-corrected chi connectivity index (χ2v) is 4.56. The minimum Gasteiger partial charge on any atom is -0.465 e. The third kappa shape index (κ3) is 2.48. The van der Waals surface area contributed by atoms with E-state index in [2.05, 4.69) is 15.8 Å². The van der Waals surface area contributed by atoms with Crippen LogP contribution in [0.15, 0.2) is 11.9 Å². The van der Waals surface area contributed by atoms with Crippen LogP contribution in [0.2, 0.25) is 0 Å². The van der Waals surface area contributed by atoms with Gasteiger partial charge in [-0.15, -0.1) is 0 Å². The molecule has 0 aromatic heterocycles. The molecule has 1 atom stereocenters. The third-order valence-electron chi connectivity index (χ3n) is 1.26. The summed E-state index contributed by atoms with van der Waals surface area (Å²) in [6.45, 7) is 4.62. The summed E-state index contributed by atoms with van der Waals surface area (Å²) < 4.78 is 20.1. The van der Waals surface area contributed by atoms with Crippen LogP contribution in [0.5, 0.6) is 0 Å². The van der Waals surface area contributed by atoms with E-state index in [1.54, 1.807) is 0 Å². The van der Waals surface area contributed by atoms with Crippen LogP contribution in [0.3, 0.4) is 0 Å². The van der Waals surface area contributed by atoms with Gasteiger partial charge in [0.25, 0.3) is 0 Å². The number of hydrogen-bond donors (Lipinski definition) is 0. The second-order valence-electron chi connectivity index (χ2n) is 1.97. The lowest BCUT2D eigenvalue weighted by atomic mass is 10.6. The fourth-order valence-corrected chi connectivity index (χ4v) is 1.04. The molecule has 64 valence electrons. The Morgan fingerprint density at radius 3 is 2.18 bits per heavy atom. The summed E-state index contributed by atoms with van der Waals surface area (Å²) in [6, 6.07) is 0. The van der Waals surface area contributed by atoms with Gasteiger partial charge in [-0.1, -0.05) is 6.58 Å². The maximum Gasteiger partial charge on any atom is 0.343 e. The van der Waals surface area contributed by atoms with Crippen molar-refractivity contribution in [3.8, 4) is 0 Å². The topological polar surface area (TPSA) is 52.6 Å². The lowest BCUT2D eigenvalue weighted by Crippen LogP contribution is -2.04. The Hall–Kier alpha value is -0.600. The molecule has 0 aliphatic rings. The van der Waals surface area contributed by atoms with Gasteiger partial charge in [0, 0.05) is 13.8 Å². The number of carbonyl (C=O) groups is 1. The van der Waals surface area contributed by atoms with E-state index in [1.165, 1.54) is 20.9 Å². The lowest BCUT2D eigenvalue weighted by molar-refractivity contribution is -0.135. The highest BCUT2D eigenvalue weighted by atomic mass is 31.2. The molecular weight excluding hydrogens is 167 g/mol. The van der Waals surface area contributed by atoms with Crippen LogP contribution in [0.25, 0.3) is 0 Å². The molecule has 5 heteroatoms. The predicted octanol–water partition coefficient (Wildman–Crippen LogP) is 1.23. The molecule has 0 fully saturated rings. The van der Waals surface area contributed by atoms with Crippen molar-refractivity contribution >= 4 is 13.3 Å². The normalized spacial score (nSPS) is 15.2. The van der Waals surface area contributed by atoms with E-state index in [4.69, 9.17) is 0 Å². The number of hydrogen-bond acceptors (Lipinski definition) is 4. The maximum absolute atomic E-state index is 11.3. The van der Waals surface area contributed by atoms with E-state index in [0.29, 0.717) is 0 Å². The molecular formula is C6H11O4P. The highest BCUT2D eigenvalue weighted by Gasteiger charge is 2.25. The van der Waals surface area contributed by atoms with Crippen molar-refractivity contribution in [1.82, 2.24) is 0 Å². The Labute approximate surface area is 65.6 Å². The fraction of sp³-hybridized carbons (Fsp3) is 0.500. The summed E-state index contributed by atoms with van der Waals surface area (Å²) >= 11 is 0. The van der Waals surface area contributed by atoms with Gasteiger partial charge >= 0.3 is 5.97 Å². The zero-order chi connectivity index (χ0) is 9.07. The zero-order valence-corrected chi connectivity index (χ0v) is 7.68. The number of methoxy groups -OCH3 is 1. The fourth-order valence-electron chi connectivity index (χ4n) is 0.394. The van der Waals surface area contributed by atoms with Crippen LogP contribution in [0.4, 0.5) is 0 Å². The Morgan fingerprint density at radius 1 is 1.45 bits per heavy atom. The first-order valence-electron chi connectivity index (χ1n) is 2.86. The van der Waals surface area contributed by atoms with Crippen molar-refractivity contribution < 1.29 is 18.6 Å². The predicted molar refractivity (Wildman–Crippen MR) is 41.7 cm³/mol. The summed E-state index contributed by atoms with van der Waals surface area (Å²) in [7, 11) is -0.550. The summed E-state index contributed by atoms with van der Waals surface area (Å²) in [5, 5.41) is -0.123. The third-order valence-corrected chi connectivity index (χ3v) is 3.12. The number of esters is 1. The van der Waals surface area contributed by atoms with E-state index in [9.17, 15) is 9.36 Å². The molecule has 0 spiro atoms. The quantitative estimate of drug-likeness (QED) is 0.370. The highest BCUT2D eigenvalue weighted by molar-refractivity contribution is 7.63. The molecule has 0 radical (unpaired) electrons. The first kappa shape index (κ1) is 10.4. The van der Waals surface area contributed by atoms with E-state index < -0.39 is 13.3 Å². The van der Waals surface area contributed by atoms with Gasteiger partial charge in [-0.05, 0) is 0 Å². The molecule has 0 aliphatic heterocycles. The first-order valence-corrected chi connectivity index (χ1v) is 4.94. The Bertz CT molecular complexity index is 221. The van der Waals surface area contributed by atoms with Crippen molar-refractivity contribution in [3.63, 3.8) is 0 Å². The molecule has 0 aliphatic carbocycles. The zero-order valence-electron chi connectivity index (χ0n) is 6.79. The van der Waals surface area contributed by atoms with Crippen molar-refractivity contribution in [1.29, 1.82) is 0 Å². The summed E-state index contributed by atoms with van der Waals surface area (Å²) in [6.07, 6.45) is 0. The number of rotatable bonds is 3. The van der Waals surface area contributed by atoms with Gasteiger partial charge in [-0.2, -0.15) is 0 Å². The Morgan fingerprint density at radius 2 is 1.91 bits per heavy atom. The van der Waals surface area contributed by atoms with E-state index >= 15 is 0 Å². The van der Waals surface area contributed by atoms with Gasteiger partial charge in [0.15, 0.2) is 0 Å². The molecule has 0 saturated heterocycles. The minimum atomic E-state index is -3.01. The van der Waals surface area contributed by atoms with Gasteiger partial charge in [-0.3, -0.25) is 4.57 Å². The van der Waals surface area contributed by atoms with Crippen molar-refractivity contribution in [2.45, 2.75) is 0 Å². The summed E-state index contributed by atoms with van der Waals surface area (Å²) in [5.41, 5.74) is 0. The molecule has 0 amide bonds. The van der Waals surface area contributed by atoms with Gasteiger partial charge in [0.1, 0.15) is 5.31 Å². The molecule has 0 aromatic carbocycles. The van der Waals surface area contributed by atoms with Crippen LogP contribution < -0.4 is 0 Å². The van der Waals surface area contributed by atoms with Gasteiger partial charge in [0.2, 0.25) is 7.37 Å². The molecule has 0 saturated carbocycles. The number of carbonyl (C=O) groups excluding carboxylic acids is 1. The smallest absolute Gasteiger partial charge is 0.343 e. The molecule has 11 heavy (non-hydrogen) atoms. The van der Waals surface area contributed by atoms with E-state index in [0.717, 1.165) is 0 Å². The van der Waals surface area contributed by atoms with Crippen LogP contribution in [0.1, 0.15) is 0 Å². The monoisotopic (exact) mass is 178 g/mol. The van der Waals surface area contributed by atoms with Crippen molar-refractivity contribution in [2.24, 2.45) is 0 Å². The average Bonchev–Trinajstić information content (AvgIpc) is 2.01. The maximum atomic E-state index is 11.3. The van der Waals surface area contributed by atoms with Crippen molar-refractivity contribution in [3.05, 3.63) is 11.9 Å². The second kappa shape index (κ2) is 3.69. The molecule has 0 aromatic rings. The van der Waals surface area contributed by atoms with Gasteiger partial charge < -0.3 is 9.26 Å². The average molecular weight is 178 g/mol. The van der Waals surface area contributed by atoms with E-state index in [1.807, 2.05) is 0 Å². The van der Waals surface area contributed by atoms with Crippen molar-refractivity contribution in [2.75, 3.05) is 20.9 Å². The van der Waals surface area contributed by atoms with Crippen LogP contribution in [-0.2, 0) is 18.6 Å². The molecule has 0 heterocycles. The van der Waals surface area contributed by atoms with Gasteiger partial charge in [-0.25, -0.2) is 4.79 Å². The summed E-state index contributed by atoms with van der Waals surface area (Å²) in [4.78, 5) is 10.7. The van der Waals surface area contributed by atoms with Crippen LogP contribution >= 0.6 is 7.37 Å². The molecule has 4 nitrogen and oxygen atoms in total. The standard InChI is InChI=1S/C6H11O4P/c1-5(6(7)9-2)11(4,8)10-3/h1H2,2-4H3. The summed E-state index contributed by atoms with van der Waals surface area (Å²) in [5.74, 6) is -0.697. The Kier molecular flexibility index (Phi) is 3.49. The SMILES string of the molecule is C=C(C(=O)OC)P(C)(=O)OC. The number of ether oxygens (including phenoxy) is 1. The van der Waals surface area contributed by atoms with Crippen LogP contribution in [-0.4, -0.2) is 26.9 Å².